The molecular formula is C15H20F3NOS. The van der Waals surface area contributed by atoms with Gasteiger partial charge in [-0.15, -0.1) is 0 Å². The fourth-order valence-corrected chi connectivity index (χ4v) is 2.93. The highest BCUT2D eigenvalue weighted by Crippen LogP contribution is 2.36. The molecule has 1 aromatic carbocycles. The van der Waals surface area contributed by atoms with Crippen LogP contribution >= 0.6 is 11.8 Å². The topological polar surface area (TPSA) is 21.3 Å². The molecular weight excluding hydrogens is 299 g/mol. The van der Waals surface area contributed by atoms with Crippen molar-refractivity contribution in [1.82, 2.24) is 5.32 Å². The lowest BCUT2D eigenvalue weighted by Crippen LogP contribution is -2.21. The first-order valence-corrected chi connectivity index (χ1v) is 8.01. The third-order valence-corrected chi connectivity index (χ3v) is 4.16. The first-order chi connectivity index (χ1) is 10.0. The lowest BCUT2D eigenvalue weighted by Gasteiger charge is -2.11. The van der Waals surface area contributed by atoms with Gasteiger partial charge in [0, 0.05) is 18.0 Å². The molecule has 1 aliphatic rings. The fourth-order valence-electron chi connectivity index (χ4n) is 2.39. The maximum atomic E-state index is 12.2. The summed E-state index contributed by atoms with van der Waals surface area (Å²) in [6.07, 6.45) is 5.28. The van der Waals surface area contributed by atoms with Crippen LogP contribution in [0, 0.1) is 0 Å². The summed E-state index contributed by atoms with van der Waals surface area (Å²) in [5.41, 5.74) is -3.25. The molecule has 0 atom stereocenters. The summed E-state index contributed by atoms with van der Waals surface area (Å²) in [6.45, 7) is 2.09. The van der Waals surface area contributed by atoms with Crippen LogP contribution in [0.4, 0.5) is 13.2 Å². The molecule has 1 aliphatic carbocycles. The second-order valence-corrected chi connectivity index (χ2v) is 6.28. The van der Waals surface area contributed by atoms with Gasteiger partial charge in [-0.3, -0.25) is 0 Å². The van der Waals surface area contributed by atoms with E-state index in [1.165, 1.54) is 37.8 Å². The summed E-state index contributed by atoms with van der Waals surface area (Å²) in [4.78, 5) is 0.218. The Morgan fingerprint density at radius 2 is 1.81 bits per heavy atom. The van der Waals surface area contributed by atoms with Gasteiger partial charge in [-0.25, -0.2) is 0 Å². The van der Waals surface area contributed by atoms with E-state index in [2.05, 4.69) is 5.32 Å². The molecule has 1 saturated carbocycles. The average molecular weight is 319 g/mol. The molecule has 0 amide bonds. The SMILES string of the molecule is FC(F)(F)Sc1ccc(CNCCOC2CCCC2)cc1. The Kier molecular flexibility index (Phi) is 6.39. The zero-order valence-corrected chi connectivity index (χ0v) is 12.6. The predicted molar refractivity (Wildman–Crippen MR) is 78.3 cm³/mol. The van der Waals surface area contributed by atoms with Crippen molar-refractivity contribution in [2.75, 3.05) is 13.2 Å². The van der Waals surface area contributed by atoms with Gasteiger partial charge in [0.25, 0.3) is 0 Å². The number of benzene rings is 1. The zero-order chi connectivity index (χ0) is 15.1. The third kappa shape index (κ3) is 6.72. The number of thioether (sulfide) groups is 1. The van der Waals surface area contributed by atoms with Gasteiger partial charge in [0.2, 0.25) is 0 Å². The van der Waals surface area contributed by atoms with E-state index in [4.69, 9.17) is 4.74 Å². The van der Waals surface area contributed by atoms with Crippen LogP contribution in [0.3, 0.4) is 0 Å². The molecule has 2 rings (SSSR count). The monoisotopic (exact) mass is 319 g/mol. The lowest BCUT2D eigenvalue weighted by molar-refractivity contribution is -0.0328. The molecule has 6 heteroatoms. The fraction of sp³-hybridized carbons (Fsp3) is 0.600. The van der Waals surface area contributed by atoms with Crippen LogP contribution in [0.5, 0.6) is 0 Å². The van der Waals surface area contributed by atoms with Crippen molar-refractivity contribution >= 4 is 11.8 Å². The Morgan fingerprint density at radius 3 is 2.43 bits per heavy atom. The molecule has 0 aliphatic heterocycles. The molecule has 1 fully saturated rings. The Labute approximate surface area is 127 Å². The van der Waals surface area contributed by atoms with Gasteiger partial charge >= 0.3 is 5.51 Å². The number of hydrogen-bond acceptors (Lipinski definition) is 3. The Balaban J connectivity index is 1.62. The van der Waals surface area contributed by atoms with E-state index in [1.54, 1.807) is 12.1 Å². The highest BCUT2D eigenvalue weighted by molar-refractivity contribution is 8.00. The number of ether oxygens (including phenoxy) is 1. The highest BCUT2D eigenvalue weighted by atomic mass is 32.2. The normalized spacial score (nSPS) is 16.5. The molecule has 0 aromatic heterocycles. The first-order valence-electron chi connectivity index (χ1n) is 7.20. The predicted octanol–water partition coefficient (Wildman–Crippen LogP) is 4.35. The number of nitrogens with one attached hydrogen (secondary N) is 1. The van der Waals surface area contributed by atoms with Crippen molar-refractivity contribution in [1.29, 1.82) is 0 Å². The van der Waals surface area contributed by atoms with Crippen LogP contribution in [0.25, 0.3) is 0 Å². The van der Waals surface area contributed by atoms with Gasteiger partial charge in [-0.2, -0.15) is 13.2 Å². The quantitative estimate of drug-likeness (QED) is 0.596. The standard InChI is InChI=1S/C15H20F3NOS/c16-15(17,18)21-14-7-5-12(6-8-14)11-19-9-10-20-13-3-1-2-4-13/h5-8,13,19H,1-4,9-11H2. The highest BCUT2D eigenvalue weighted by Gasteiger charge is 2.28. The summed E-state index contributed by atoms with van der Waals surface area (Å²) in [5.74, 6) is 0. The van der Waals surface area contributed by atoms with E-state index in [-0.39, 0.29) is 16.7 Å². The van der Waals surface area contributed by atoms with E-state index in [9.17, 15) is 13.2 Å². The maximum absolute atomic E-state index is 12.2. The number of halogens is 3. The molecule has 0 saturated heterocycles. The van der Waals surface area contributed by atoms with Crippen molar-refractivity contribution in [3.05, 3.63) is 29.8 Å². The van der Waals surface area contributed by atoms with E-state index in [1.807, 2.05) is 0 Å². The van der Waals surface area contributed by atoms with E-state index >= 15 is 0 Å². The second kappa shape index (κ2) is 8.06. The second-order valence-electron chi connectivity index (χ2n) is 5.15. The van der Waals surface area contributed by atoms with Gasteiger partial charge < -0.3 is 10.1 Å². The van der Waals surface area contributed by atoms with Crippen molar-refractivity contribution in [3.8, 4) is 0 Å². The van der Waals surface area contributed by atoms with Crippen LogP contribution in [0.1, 0.15) is 31.2 Å². The van der Waals surface area contributed by atoms with Crippen molar-refractivity contribution in [2.45, 2.75) is 48.7 Å². The van der Waals surface area contributed by atoms with Crippen LogP contribution in [-0.4, -0.2) is 24.8 Å². The molecule has 0 bridgehead atoms. The average Bonchev–Trinajstić information content (AvgIpc) is 2.92. The van der Waals surface area contributed by atoms with E-state index < -0.39 is 5.51 Å². The van der Waals surface area contributed by atoms with Crippen LogP contribution < -0.4 is 5.32 Å². The minimum absolute atomic E-state index is 0.0849. The smallest absolute Gasteiger partial charge is 0.377 e. The largest absolute Gasteiger partial charge is 0.446 e. The molecule has 1 aromatic rings. The van der Waals surface area contributed by atoms with Crippen molar-refractivity contribution in [2.24, 2.45) is 0 Å². The minimum atomic E-state index is -4.22. The molecule has 1 N–H and O–H groups in total. The van der Waals surface area contributed by atoms with E-state index in [0.29, 0.717) is 19.3 Å². The summed E-state index contributed by atoms with van der Waals surface area (Å²) in [7, 11) is 0. The number of rotatable bonds is 7. The molecule has 0 unspecified atom stereocenters. The van der Waals surface area contributed by atoms with Gasteiger partial charge in [0.1, 0.15) is 0 Å². The molecule has 0 radical (unpaired) electrons. The summed E-state index contributed by atoms with van der Waals surface area (Å²) >= 11 is -0.0849. The molecule has 0 spiro atoms. The Morgan fingerprint density at radius 1 is 1.14 bits per heavy atom. The Bertz CT molecular complexity index is 416. The van der Waals surface area contributed by atoms with Gasteiger partial charge in [-0.1, -0.05) is 25.0 Å². The molecule has 0 heterocycles. The lowest BCUT2D eigenvalue weighted by atomic mass is 10.2. The molecule has 2 nitrogen and oxygen atoms in total. The van der Waals surface area contributed by atoms with Gasteiger partial charge in [-0.05, 0) is 42.3 Å². The summed E-state index contributed by atoms with van der Waals surface area (Å²) < 4.78 is 42.3. The minimum Gasteiger partial charge on any atom is -0.377 e. The van der Waals surface area contributed by atoms with Crippen molar-refractivity contribution in [3.63, 3.8) is 0 Å². The maximum Gasteiger partial charge on any atom is 0.446 e. The van der Waals surface area contributed by atoms with E-state index in [0.717, 1.165) is 12.1 Å². The van der Waals surface area contributed by atoms with Gasteiger partial charge in [0.15, 0.2) is 0 Å². The van der Waals surface area contributed by atoms with Crippen LogP contribution in [0.15, 0.2) is 29.2 Å². The summed E-state index contributed by atoms with van der Waals surface area (Å²) in [6, 6.07) is 6.45. The molecule has 21 heavy (non-hydrogen) atoms. The first kappa shape index (κ1) is 16.6. The number of alkyl halides is 3. The van der Waals surface area contributed by atoms with Crippen LogP contribution in [0.2, 0.25) is 0 Å². The van der Waals surface area contributed by atoms with Gasteiger partial charge in [0.05, 0.1) is 12.7 Å². The Hall–Kier alpha value is -0.720. The molecule has 118 valence electrons. The summed E-state index contributed by atoms with van der Waals surface area (Å²) in [5, 5.41) is 3.24. The van der Waals surface area contributed by atoms with Crippen LogP contribution in [-0.2, 0) is 11.3 Å². The van der Waals surface area contributed by atoms with Crippen molar-refractivity contribution < 1.29 is 17.9 Å². The number of hydrogen-bond donors (Lipinski definition) is 1. The zero-order valence-electron chi connectivity index (χ0n) is 11.8. The third-order valence-electron chi connectivity index (χ3n) is 3.42.